The minimum absolute atomic E-state index is 0.0848. The van der Waals surface area contributed by atoms with Crippen LogP contribution in [0.5, 0.6) is 11.5 Å². The van der Waals surface area contributed by atoms with Crippen LogP contribution in [0.1, 0.15) is 57.6 Å². The normalized spacial score (nSPS) is 19.3. The van der Waals surface area contributed by atoms with Crippen LogP contribution in [0.3, 0.4) is 0 Å². The smallest absolute Gasteiger partial charge is 0.338 e. The molecule has 3 aliphatic heterocycles. The SMILES string of the molecule is COc1ccc([C@H](Cc2c(Cl)c[n+]([O-])cc2Cl)OC(=O)c2cccc(CNC(C(=O)O[C@H]3CN4CCC3CC4)c3ccccc3)c2)cc1OC. The van der Waals surface area contributed by atoms with Crippen LogP contribution >= 0.6 is 23.2 Å². The van der Waals surface area contributed by atoms with E-state index < -0.39 is 18.1 Å². The summed E-state index contributed by atoms with van der Waals surface area (Å²) in [6, 6.07) is 21.0. The number of piperidine rings is 3. The minimum atomic E-state index is -0.856. The van der Waals surface area contributed by atoms with Crippen molar-refractivity contribution in [3.8, 4) is 11.5 Å². The van der Waals surface area contributed by atoms with Gasteiger partial charge in [0.2, 0.25) is 0 Å². The first-order valence-electron chi connectivity index (χ1n) is 16.5. The Morgan fingerprint density at radius 3 is 2.30 bits per heavy atom. The van der Waals surface area contributed by atoms with Crippen LogP contribution in [-0.4, -0.2) is 56.8 Å². The Balaban J connectivity index is 1.20. The lowest BCUT2D eigenvalue weighted by Gasteiger charge is -2.44. The van der Waals surface area contributed by atoms with Crippen molar-refractivity contribution < 1.29 is 33.3 Å². The fraction of sp³-hybridized carbons (Fsp3) is 0.342. The molecule has 3 aliphatic rings. The monoisotopic (exact) mass is 719 g/mol. The first kappa shape index (κ1) is 35.5. The van der Waals surface area contributed by atoms with Gasteiger partial charge in [0, 0.05) is 25.1 Å². The molecule has 4 heterocycles. The van der Waals surface area contributed by atoms with Crippen molar-refractivity contribution in [3.05, 3.63) is 128 Å². The molecule has 10 nitrogen and oxygen atoms in total. The second kappa shape index (κ2) is 16.1. The summed E-state index contributed by atoms with van der Waals surface area (Å²) in [4.78, 5) is 29.7. The van der Waals surface area contributed by atoms with Gasteiger partial charge in [-0.25, -0.2) is 9.59 Å². The number of methoxy groups -OCH3 is 2. The first-order chi connectivity index (χ1) is 24.2. The number of esters is 2. The molecule has 4 aromatic rings. The molecule has 0 spiro atoms. The molecule has 3 saturated heterocycles. The molecule has 3 aromatic carbocycles. The van der Waals surface area contributed by atoms with Gasteiger partial charge in [0.05, 0.1) is 19.8 Å². The molecule has 3 atom stereocenters. The summed E-state index contributed by atoms with van der Waals surface area (Å²) in [5, 5.41) is 15.5. The second-order valence-corrected chi connectivity index (χ2v) is 13.4. The molecule has 1 unspecified atom stereocenters. The van der Waals surface area contributed by atoms with E-state index in [1.807, 2.05) is 36.4 Å². The number of benzene rings is 3. The predicted molar refractivity (Wildman–Crippen MR) is 188 cm³/mol. The largest absolute Gasteiger partial charge is 0.619 e. The van der Waals surface area contributed by atoms with Gasteiger partial charge in [0.25, 0.3) is 0 Å². The number of aromatic nitrogens is 1. The fourth-order valence-electron chi connectivity index (χ4n) is 6.66. The van der Waals surface area contributed by atoms with E-state index in [9.17, 15) is 14.8 Å². The summed E-state index contributed by atoms with van der Waals surface area (Å²) in [7, 11) is 3.04. The quantitative estimate of drug-likeness (QED) is 0.0973. The van der Waals surface area contributed by atoms with Gasteiger partial charge in [-0.1, -0.05) is 71.7 Å². The maximum absolute atomic E-state index is 13.7. The summed E-state index contributed by atoms with van der Waals surface area (Å²) in [6.07, 6.45) is 3.60. The Morgan fingerprint density at radius 2 is 1.64 bits per heavy atom. The van der Waals surface area contributed by atoms with Crippen molar-refractivity contribution in [2.75, 3.05) is 33.9 Å². The number of rotatable bonds is 13. The molecule has 12 heteroatoms. The Bertz CT molecular complexity index is 1790. The molecule has 1 aromatic heterocycles. The van der Waals surface area contributed by atoms with Crippen LogP contribution in [0.15, 0.2) is 85.2 Å². The first-order valence-corrected chi connectivity index (χ1v) is 17.3. The average molecular weight is 721 g/mol. The maximum atomic E-state index is 13.7. The van der Waals surface area contributed by atoms with Crippen LogP contribution in [0.25, 0.3) is 0 Å². The summed E-state index contributed by atoms with van der Waals surface area (Å²) in [5.74, 6) is 0.440. The van der Waals surface area contributed by atoms with E-state index in [1.165, 1.54) is 26.6 Å². The van der Waals surface area contributed by atoms with Crippen molar-refractivity contribution >= 4 is 35.1 Å². The highest BCUT2D eigenvalue weighted by atomic mass is 35.5. The number of nitrogens with one attached hydrogen (secondary N) is 1. The predicted octanol–water partition coefficient (Wildman–Crippen LogP) is 6.25. The van der Waals surface area contributed by atoms with Gasteiger partial charge >= 0.3 is 11.9 Å². The highest BCUT2D eigenvalue weighted by molar-refractivity contribution is 6.35. The highest BCUT2D eigenvalue weighted by Crippen LogP contribution is 2.36. The molecule has 50 heavy (non-hydrogen) atoms. The molecular formula is C38H39Cl2N3O7. The molecule has 0 radical (unpaired) electrons. The summed E-state index contributed by atoms with van der Waals surface area (Å²) >= 11 is 12.8. The van der Waals surface area contributed by atoms with E-state index in [0.29, 0.717) is 45.4 Å². The lowest BCUT2D eigenvalue weighted by molar-refractivity contribution is -0.605. The number of hydrogen-bond donors (Lipinski definition) is 1. The van der Waals surface area contributed by atoms with Crippen molar-refractivity contribution in [1.29, 1.82) is 0 Å². The van der Waals surface area contributed by atoms with E-state index in [0.717, 1.165) is 43.6 Å². The fourth-order valence-corrected chi connectivity index (χ4v) is 7.26. The maximum Gasteiger partial charge on any atom is 0.338 e. The molecule has 7 rings (SSSR count). The Kier molecular flexibility index (Phi) is 11.4. The number of ether oxygens (including phenoxy) is 4. The van der Waals surface area contributed by atoms with Gasteiger partial charge in [-0.15, -0.1) is 0 Å². The van der Waals surface area contributed by atoms with Crippen molar-refractivity contribution in [2.24, 2.45) is 5.92 Å². The number of fused-ring (bicyclic) bond motifs is 3. The van der Waals surface area contributed by atoms with Gasteiger partial charge in [-0.2, -0.15) is 4.73 Å². The summed E-state index contributed by atoms with van der Waals surface area (Å²) in [5.41, 5.74) is 2.93. The zero-order valence-corrected chi connectivity index (χ0v) is 29.4. The van der Waals surface area contributed by atoms with Gasteiger partial charge in [0.1, 0.15) is 28.3 Å². The van der Waals surface area contributed by atoms with Gasteiger partial charge in [-0.05, 0) is 72.8 Å². The topological polar surface area (TPSA) is 113 Å². The van der Waals surface area contributed by atoms with Crippen molar-refractivity contribution in [3.63, 3.8) is 0 Å². The van der Waals surface area contributed by atoms with Crippen LogP contribution < -0.4 is 19.5 Å². The van der Waals surface area contributed by atoms with Gasteiger partial charge < -0.3 is 24.2 Å². The van der Waals surface area contributed by atoms with Crippen LogP contribution in [0, 0.1) is 11.1 Å². The van der Waals surface area contributed by atoms with Crippen molar-refractivity contribution in [2.45, 2.75) is 44.1 Å². The van der Waals surface area contributed by atoms with Gasteiger partial charge in [0.15, 0.2) is 23.9 Å². The van der Waals surface area contributed by atoms with Crippen LogP contribution in [0.2, 0.25) is 10.0 Å². The lowest BCUT2D eigenvalue weighted by atomic mass is 9.86. The van der Waals surface area contributed by atoms with Crippen molar-refractivity contribution in [1.82, 2.24) is 10.2 Å². The third-order valence-corrected chi connectivity index (χ3v) is 10.0. The number of carbonyl (C=O) groups excluding carboxylic acids is 2. The van der Waals surface area contributed by atoms with E-state index in [2.05, 4.69) is 10.2 Å². The van der Waals surface area contributed by atoms with E-state index >= 15 is 0 Å². The van der Waals surface area contributed by atoms with Gasteiger partial charge in [-0.3, -0.25) is 10.2 Å². The third kappa shape index (κ3) is 8.33. The minimum Gasteiger partial charge on any atom is -0.619 e. The number of pyridine rings is 1. The molecule has 0 saturated carbocycles. The third-order valence-electron chi connectivity index (χ3n) is 9.38. The van der Waals surface area contributed by atoms with Crippen LogP contribution in [0.4, 0.5) is 0 Å². The Morgan fingerprint density at radius 1 is 0.920 bits per heavy atom. The molecule has 0 amide bonds. The molecule has 262 valence electrons. The van der Waals surface area contributed by atoms with E-state index in [-0.39, 0.29) is 28.5 Å². The highest BCUT2D eigenvalue weighted by Gasteiger charge is 2.38. The second-order valence-electron chi connectivity index (χ2n) is 12.5. The molecule has 3 fully saturated rings. The summed E-state index contributed by atoms with van der Waals surface area (Å²) in [6.45, 7) is 3.18. The zero-order valence-electron chi connectivity index (χ0n) is 27.9. The molecule has 0 aliphatic carbocycles. The molecule has 2 bridgehead atoms. The van der Waals surface area contributed by atoms with Crippen LogP contribution in [-0.2, 0) is 27.2 Å². The Hall–Kier alpha value is -4.35. The number of nitrogens with zero attached hydrogens (tertiary/aromatic N) is 2. The van der Waals surface area contributed by atoms with E-state index in [1.54, 1.807) is 36.4 Å². The van der Waals surface area contributed by atoms with E-state index in [4.69, 9.17) is 42.1 Å². The number of hydrogen-bond acceptors (Lipinski definition) is 9. The standard InChI is InChI=1S/C38H39Cl2N3O7/c1-47-32-12-11-27(18-34(32)48-2)33(19-29-30(39)21-43(46)22-31(29)40)49-37(44)28-10-6-7-24(17-28)20-41-36(26-8-4-3-5-9-26)38(45)50-35-23-42-15-13-25(35)14-16-42/h3-12,17-18,21-22,25,33,35-36,41H,13-16,19-20,23H2,1-2H3/t33-,35-,36?/m0/s1. The molecule has 1 N–H and O–H groups in total. The zero-order chi connectivity index (χ0) is 35.2. The number of carbonyl (C=O) groups is 2. The Labute approximate surface area is 301 Å². The lowest BCUT2D eigenvalue weighted by Crippen LogP contribution is -2.52. The molecular weight excluding hydrogens is 681 g/mol. The number of halogens is 2. The summed E-state index contributed by atoms with van der Waals surface area (Å²) < 4.78 is 23.6. The average Bonchev–Trinajstić information content (AvgIpc) is 3.13.